The number of benzene rings is 2. The van der Waals surface area contributed by atoms with Gasteiger partial charge in [0.05, 0.1) is 23.2 Å². The largest absolute Gasteiger partial charge is 0.351 e. The molecule has 0 radical (unpaired) electrons. The van der Waals surface area contributed by atoms with Crippen LogP contribution in [0.5, 0.6) is 0 Å². The molecular weight excluding hydrogens is 392 g/mol. The fourth-order valence-electron chi connectivity index (χ4n) is 3.04. The van der Waals surface area contributed by atoms with Crippen LogP contribution in [0.25, 0.3) is 16.7 Å². The first kappa shape index (κ1) is 18.7. The van der Waals surface area contributed by atoms with Crippen molar-refractivity contribution in [3.05, 3.63) is 70.5 Å². The van der Waals surface area contributed by atoms with Gasteiger partial charge in [0, 0.05) is 0 Å². The van der Waals surface area contributed by atoms with Gasteiger partial charge < -0.3 is 5.73 Å². The van der Waals surface area contributed by atoms with Crippen molar-refractivity contribution >= 4 is 40.4 Å². The Labute approximate surface area is 168 Å². The number of thioether (sulfide) groups is 1. The molecule has 4 aromatic rings. The number of aromatic nitrogens is 4. The monoisotopic (exact) mass is 408 g/mol. The van der Waals surface area contributed by atoms with Gasteiger partial charge in [0.1, 0.15) is 0 Å². The van der Waals surface area contributed by atoms with Crippen molar-refractivity contribution in [1.29, 1.82) is 0 Å². The summed E-state index contributed by atoms with van der Waals surface area (Å²) in [5.41, 5.74) is 6.38. The maximum Gasteiger partial charge on any atom is 0.318 e. The Bertz CT molecular complexity index is 1280. The number of para-hydroxylation sites is 1. The van der Waals surface area contributed by atoms with E-state index in [0.717, 1.165) is 17.3 Å². The van der Waals surface area contributed by atoms with E-state index in [1.807, 2.05) is 41.7 Å². The molecular formula is C19H16N6O3S. The summed E-state index contributed by atoms with van der Waals surface area (Å²) in [7, 11) is 0. The summed E-state index contributed by atoms with van der Waals surface area (Å²) < 4.78 is 3.29. The van der Waals surface area contributed by atoms with Crippen molar-refractivity contribution < 1.29 is 9.59 Å². The van der Waals surface area contributed by atoms with Crippen molar-refractivity contribution in [2.75, 3.05) is 5.75 Å². The first-order chi connectivity index (χ1) is 14.0. The third kappa shape index (κ3) is 3.69. The molecule has 29 heavy (non-hydrogen) atoms. The van der Waals surface area contributed by atoms with Crippen molar-refractivity contribution in [3.8, 4) is 0 Å². The maximum absolute atomic E-state index is 13.1. The Hall–Kier alpha value is -3.66. The smallest absolute Gasteiger partial charge is 0.318 e. The second kappa shape index (κ2) is 7.76. The summed E-state index contributed by atoms with van der Waals surface area (Å²) in [4.78, 5) is 35.7. The molecule has 0 spiro atoms. The highest BCUT2D eigenvalue weighted by Gasteiger charge is 2.18. The van der Waals surface area contributed by atoms with E-state index < -0.39 is 11.9 Å². The van der Waals surface area contributed by atoms with E-state index in [-0.39, 0.29) is 11.3 Å². The van der Waals surface area contributed by atoms with Crippen LogP contribution in [0.3, 0.4) is 0 Å². The van der Waals surface area contributed by atoms with Crippen LogP contribution in [0.2, 0.25) is 0 Å². The van der Waals surface area contributed by atoms with Gasteiger partial charge in [-0.25, -0.2) is 4.79 Å². The number of hydrogen-bond acceptors (Lipinski definition) is 6. The Balaban J connectivity index is 1.83. The van der Waals surface area contributed by atoms with Crippen molar-refractivity contribution in [1.82, 2.24) is 24.5 Å². The first-order valence-electron chi connectivity index (χ1n) is 8.67. The Morgan fingerprint density at radius 2 is 1.76 bits per heavy atom. The fraction of sp³-hybridized carbons (Fsp3) is 0.105. The van der Waals surface area contributed by atoms with E-state index in [1.54, 1.807) is 27.2 Å². The Kier molecular flexibility index (Phi) is 5.00. The van der Waals surface area contributed by atoms with Crippen LogP contribution in [0.15, 0.2) is 64.5 Å². The van der Waals surface area contributed by atoms with Gasteiger partial charge in [-0.1, -0.05) is 54.2 Å². The Morgan fingerprint density at radius 1 is 1.03 bits per heavy atom. The van der Waals surface area contributed by atoms with Crippen molar-refractivity contribution in [3.63, 3.8) is 0 Å². The third-order valence-electron chi connectivity index (χ3n) is 4.26. The van der Waals surface area contributed by atoms with Crippen LogP contribution in [0.1, 0.15) is 5.56 Å². The lowest BCUT2D eigenvalue weighted by Gasteiger charge is -2.11. The third-order valence-corrected chi connectivity index (χ3v) is 5.19. The van der Waals surface area contributed by atoms with Crippen molar-refractivity contribution in [2.45, 2.75) is 11.7 Å². The predicted octanol–water partition coefficient (Wildman–Crippen LogP) is 1.38. The molecule has 10 heteroatoms. The van der Waals surface area contributed by atoms with Gasteiger partial charge in [0.15, 0.2) is 5.16 Å². The molecule has 2 heterocycles. The summed E-state index contributed by atoms with van der Waals surface area (Å²) in [5.74, 6) is -0.243. The molecule has 4 rings (SSSR count). The normalized spacial score (nSPS) is 11.0. The van der Waals surface area contributed by atoms with E-state index in [0.29, 0.717) is 28.4 Å². The highest BCUT2D eigenvalue weighted by atomic mass is 32.2. The van der Waals surface area contributed by atoms with Gasteiger partial charge in [-0.2, -0.15) is 0 Å². The molecule has 0 aliphatic rings. The number of carbonyl (C=O) groups is 2. The molecule has 0 fully saturated rings. The van der Waals surface area contributed by atoms with E-state index in [4.69, 9.17) is 5.73 Å². The topological polar surface area (TPSA) is 124 Å². The molecule has 0 saturated heterocycles. The number of urea groups is 1. The summed E-state index contributed by atoms with van der Waals surface area (Å²) >= 11 is 1.10. The number of primary amides is 1. The molecule has 0 unspecified atom stereocenters. The number of hydrogen-bond donors (Lipinski definition) is 2. The number of imide groups is 1. The van der Waals surface area contributed by atoms with Crippen LogP contribution in [0, 0.1) is 0 Å². The minimum Gasteiger partial charge on any atom is -0.351 e. The highest BCUT2D eigenvalue weighted by Crippen LogP contribution is 2.21. The lowest BCUT2D eigenvalue weighted by Crippen LogP contribution is -2.36. The van der Waals surface area contributed by atoms with Gasteiger partial charge >= 0.3 is 6.03 Å². The highest BCUT2D eigenvalue weighted by molar-refractivity contribution is 7.99. The molecule has 0 aliphatic carbocycles. The summed E-state index contributed by atoms with van der Waals surface area (Å²) in [5, 5.41) is 11.3. The second-order valence-corrected chi connectivity index (χ2v) is 7.16. The minimum atomic E-state index is -0.913. The van der Waals surface area contributed by atoms with Crippen LogP contribution in [-0.2, 0) is 11.3 Å². The first-order valence-corrected chi connectivity index (χ1v) is 9.66. The number of nitrogens with two attached hydrogens (primary N) is 1. The van der Waals surface area contributed by atoms with Gasteiger partial charge in [-0.3, -0.25) is 23.9 Å². The predicted molar refractivity (Wildman–Crippen MR) is 109 cm³/mol. The average Bonchev–Trinajstić information content (AvgIpc) is 3.14. The number of amides is 3. The maximum atomic E-state index is 13.1. The van der Waals surface area contributed by atoms with Crippen LogP contribution < -0.4 is 16.6 Å². The number of rotatable bonds is 5. The zero-order valence-corrected chi connectivity index (χ0v) is 15.9. The number of fused-ring (bicyclic) bond motifs is 3. The van der Waals surface area contributed by atoms with E-state index in [9.17, 15) is 14.4 Å². The molecule has 146 valence electrons. The average molecular weight is 408 g/mol. The SMILES string of the molecule is NC(=O)NC(=O)CSc1nnc2n(Cc3ccccc3)c(=O)c3ccccc3n12. The van der Waals surface area contributed by atoms with Crippen LogP contribution in [-0.4, -0.2) is 36.9 Å². The number of nitrogens with zero attached hydrogens (tertiary/aromatic N) is 4. The molecule has 0 saturated carbocycles. The molecule has 3 N–H and O–H groups in total. The van der Waals surface area contributed by atoms with E-state index in [1.165, 1.54) is 0 Å². The van der Waals surface area contributed by atoms with Crippen molar-refractivity contribution in [2.24, 2.45) is 5.73 Å². The Morgan fingerprint density at radius 3 is 2.52 bits per heavy atom. The molecule has 9 nitrogen and oxygen atoms in total. The summed E-state index contributed by atoms with van der Waals surface area (Å²) in [6, 6.07) is 15.8. The number of carbonyl (C=O) groups excluding carboxylic acids is 2. The zero-order valence-electron chi connectivity index (χ0n) is 15.1. The number of nitrogens with one attached hydrogen (secondary N) is 1. The van der Waals surface area contributed by atoms with Gasteiger partial charge in [-0.15, -0.1) is 10.2 Å². The van der Waals surface area contributed by atoms with Crippen LogP contribution in [0.4, 0.5) is 4.79 Å². The fourth-order valence-corrected chi connectivity index (χ4v) is 3.78. The van der Waals surface area contributed by atoms with Gasteiger partial charge in [-0.05, 0) is 17.7 Å². The zero-order chi connectivity index (χ0) is 20.4. The van der Waals surface area contributed by atoms with E-state index >= 15 is 0 Å². The van der Waals surface area contributed by atoms with E-state index in [2.05, 4.69) is 10.2 Å². The van der Waals surface area contributed by atoms with Gasteiger partial charge in [0.25, 0.3) is 5.56 Å². The van der Waals surface area contributed by atoms with Gasteiger partial charge in [0.2, 0.25) is 11.7 Å². The molecule has 0 bridgehead atoms. The summed E-state index contributed by atoms with van der Waals surface area (Å²) in [6.07, 6.45) is 0. The standard InChI is InChI=1S/C19H16N6O3S/c20-17(28)21-15(26)11-29-19-23-22-18-24(10-12-6-2-1-3-7-12)16(27)13-8-4-5-9-14(13)25(18)19/h1-9H,10-11H2,(H3,20,21,26,28). The minimum absolute atomic E-state index is 0.0735. The molecule has 0 atom stereocenters. The quantitative estimate of drug-likeness (QED) is 0.481. The molecule has 2 aromatic heterocycles. The second-order valence-electron chi connectivity index (χ2n) is 6.21. The molecule has 0 aliphatic heterocycles. The molecule has 2 aromatic carbocycles. The molecule has 3 amide bonds. The lowest BCUT2D eigenvalue weighted by molar-refractivity contribution is -0.117. The van der Waals surface area contributed by atoms with Crippen LogP contribution >= 0.6 is 11.8 Å². The lowest BCUT2D eigenvalue weighted by atomic mass is 10.2. The summed E-state index contributed by atoms with van der Waals surface area (Å²) in [6.45, 7) is 0.332.